The molecule has 0 aliphatic heterocycles. The zero-order chi connectivity index (χ0) is 28.9. The number of aliphatic hydroxyl groups is 1. The van der Waals surface area contributed by atoms with Crippen LogP contribution >= 0.6 is 0 Å². The number of amides is 2. The van der Waals surface area contributed by atoms with Crippen LogP contribution in [0.3, 0.4) is 0 Å². The van der Waals surface area contributed by atoms with Gasteiger partial charge in [0.1, 0.15) is 5.54 Å². The van der Waals surface area contributed by atoms with Crippen molar-refractivity contribution >= 4 is 28.0 Å². The molecule has 216 valence electrons. The predicted molar refractivity (Wildman–Crippen MR) is 145 cm³/mol. The summed E-state index contributed by atoms with van der Waals surface area (Å²) >= 11 is 0. The lowest BCUT2D eigenvalue weighted by molar-refractivity contribution is -0.149. The van der Waals surface area contributed by atoms with Gasteiger partial charge in [0.25, 0.3) is 10.2 Å². The van der Waals surface area contributed by atoms with E-state index in [0.29, 0.717) is 6.42 Å². The van der Waals surface area contributed by atoms with E-state index in [4.69, 9.17) is 10.5 Å². The minimum absolute atomic E-state index is 0.0333. The molecule has 5 N–H and O–H groups in total. The molecule has 1 rings (SSSR count). The molecule has 38 heavy (non-hydrogen) atoms. The van der Waals surface area contributed by atoms with E-state index >= 15 is 0 Å². The van der Waals surface area contributed by atoms with Crippen LogP contribution in [0.25, 0.3) is 0 Å². The van der Waals surface area contributed by atoms with Crippen molar-refractivity contribution in [2.75, 3.05) is 19.7 Å². The highest BCUT2D eigenvalue weighted by atomic mass is 32.2. The Morgan fingerprint density at radius 3 is 2.32 bits per heavy atom. The highest BCUT2D eigenvalue weighted by Gasteiger charge is 2.38. The first kappa shape index (κ1) is 33.5. The predicted octanol–water partition coefficient (Wildman–Crippen LogP) is 1.25. The van der Waals surface area contributed by atoms with E-state index in [0.717, 1.165) is 9.87 Å². The topological polar surface area (TPSA) is 168 Å². The van der Waals surface area contributed by atoms with Crippen molar-refractivity contribution in [3.63, 3.8) is 0 Å². The molecule has 1 aromatic rings. The number of esters is 1. The summed E-state index contributed by atoms with van der Waals surface area (Å²) in [6.07, 6.45) is -0.158. The molecule has 2 atom stereocenters. The maximum atomic E-state index is 13.4. The number of benzene rings is 1. The summed E-state index contributed by atoms with van der Waals surface area (Å²) in [6, 6.07) is 8.37. The third-order valence-corrected chi connectivity index (χ3v) is 7.57. The van der Waals surface area contributed by atoms with Gasteiger partial charge in [-0.15, -0.1) is 0 Å². The quantitative estimate of drug-likeness (QED) is 0.197. The van der Waals surface area contributed by atoms with Crippen LogP contribution < -0.4 is 15.8 Å². The van der Waals surface area contributed by atoms with Gasteiger partial charge in [0, 0.05) is 25.9 Å². The van der Waals surface area contributed by atoms with Crippen molar-refractivity contribution in [2.45, 2.75) is 84.4 Å². The largest absolute Gasteiger partial charge is 0.465 e. The Hall–Kier alpha value is -2.54. The number of carbonyl (C=O) groups is 3. The highest BCUT2D eigenvalue weighted by molar-refractivity contribution is 7.87. The SMILES string of the molecule is CCOC(=O)C(C)(C)NS(=O)(=O)N(CCC(C)C)CC(O)[C@H](Cc1ccccc1)NC(=O)CCCC(N)=O. The van der Waals surface area contributed by atoms with Gasteiger partial charge in [-0.2, -0.15) is 17.4 Å². The summed E-state index contributed by atoms with van der Waals surface area (Å²) < 4.78 is 35.2. The second-order valence-corrected chi connectivity index (χ2v) is 11.9. The van der Waals surface area contributed by atoms with Gasteiger partial charge in [-0.05, 0) is 51.5 Å². The Bertz CT molecular complexity index is 1000. The van der Waals surface area contributed by atoms with Crippen LogP contribution in [0.1, 0.15) is 65.9 Å². The van der Waals surface area contributed by atoms with Crippen LogP contribution in [0, 0.1) is 5.92 Å². The Kier molecular flexibility index (Phi) is 13.9. The van der Waals surface area contributed by atoms with Crippen LogP contribution in [0.2, 0.25) is 0 Å². The molecule has 0 fully saturated rings. The van der Waals surface area contributed by atoms with Crippen LogP contribution in [-0.4, -0.2) is 73.0 Å². The number of nitrogens with zero attached hydrogens (tertiary/aromatic N) is 1. The van der Waals surface area contributed by atoms with E-state index in [-0.39, 0.29) is 57.2 Å². The Morgan fingerprint density at radius 2 is 1.76 bits per heavy atom. The molecule has 0 aromatic heterocycles. The fraction of sp³-hybridized carbons (Fsp3) is 0.654. The van der Waals surface area contributed by atoms with E-state index in [1.54, 1.807) is 6.92 Å². The zero-order valence-corrected chi connectivity index (χ0v) is 23.9. The highest BCUT2D eigenvalue weighted by Crippen LogP contribution is 2.15. The van der Waals surface area contributed by atoms with Gasteiger partial charge < -0.3 is 20.9 Å². The van der Waals surface area contributed by atoms with Crippen molar-refractivity contribution < 1.29 is 32.6 Å². The molecule has 0 bridgehead atoms. The lowest BCUT2D eigenvalue weighted by atomic mass is 10.0. The number of nitrogens with one attached hydrogen (secondary N) is 2. The van der Waals surface area contributed by atoms with Crippen molar-refractivity contribution in [3.05, 3.63) is 35.9 Å². The molecule has 0 spiro atoms. The number of hydrogen-bond donors (Lipinski definition) is 4. The number of primary amides is 1. The van der Waals surface area contributed by atoms with Crippen LogP contribution in [-0.2, 0) is 35.8 Å². The third kappa shape index (κ3) is 12.3. The summed E-state index contributed by atoms with van der Waals surface area (Å²) in [5.41, 5.74) is 4.45. The van der Waals surface area contributed by atoms with E-state index < -0.39 is 39.8 Å². The van der Waals surface area contributed by atoms with Crippen LogP contribution in [0.15, 0.2) is 30.3 Å². The van der Waals surface area contributed by atoms with Crippen molar-refractivity contribution in [1.29, 1.82) is 0 Å². The van der Waals surface area contributed by atoms with Gasteiger partial charge in [-0.1, -0.05) is 44.2 Å². The van der Waals surface area contributed by atoms with Gasteiger partial charge >= 0.3 is 5.97 Å². The van der Waals surface area contributed by atoms with Crippen LogP contribution in [0.5, 0.6) is 0 Å². The number of carbonyl (C=O) groups excluding carboxylic acids is 3. The fourth-order valence-electron chi connectivity index (χ4n) is 3.64. The molecule has 11 nitrogen and oxygen atoms in total. The maximum absolute atomic E-state index is 13.4. The first-order valence-electron chi connectivity index (χ1n) is 12.9. The zero-order valence-electron chi connectivity index (χ0n) is 23.1. The van der Waals surface area contributed by atoms with Crippen molar-refractivity contribution in [2.24, 2.45) is 11.7 Å². The van der Waals surface area contributed by atoms with E-state index in [1.807, 2.05) is 44.2 Å². The number of aliphatic hydroxyl groups excluding tert-OH is 1. The molecule has 12 heteroatoms. The molecule has 0 saturated heterocycles. The Labute approximate surface area is 226 Å². The summed E-state index contributed by atoms with van der Waals surface area (Å²) in [4.78, 5) is 35.9. The molecule has 0 saturated carbocycles. The molecule has 2 amide bonds. The molecule has 0 heterocycles. The molecule has 0 aliphatic carbocycles. The van der Waals surface area contributed by atoms with Crippen molar-refractivity contribution in [1.82, 2.24) is 14.3 Å². The Balaban J connectivity index is 3.16. The minimum atomic E-state index is -4.23. The fourth-order valence-corrected chi connectivity index (χ4v) is 5.19. The average Bonchev–Trinajstić information content (AvgIpc) is 2.80. The molecule has 0 radical (unpaired) electrons. The summed E-state index contributed by atoms with van der Waals surface area (Å²) in [5, 5.41) is 14.0. The molecular weight excluding hydrogens is 512 g/mol. The van der Waals surface area contributed by atoms with E-state index in [9.17, 15) is 27.9 Å². The molecular formula is C26H44N4O7S. The van der Waals surface area contributed by atoms with E-state index in [2.05, 4.69) is 10.0 Å². The standard InChI is InChI=1S/C26H44N4O7S/c1-6-37-25(34)26(4,5)29-38(35,36)30(16-15-19(2)3)18-22(31)21(17-20-11-8-7-9-12-20)28-24(33)14-10-13-23(27)32/h7-9,11-12,19,21-22,29,31H,6,10,13-18H2,1-5H3,(H2,27,32)(H,28,33)/t21-,22?/m0/s1. The maximum Gasteiger partial charge on any atom is 0.326 e. The molecule has 1 unspecified atom stereocenters. The van der Waals surface area contributed by atoms with E-state index in [1.165, 1.54) is 13.8 Å². The number of hydrogen-bond acceptors (Lipinski definition) is 7. The average molecular weight is 557 g/mol. The second kappa shape index (κ2) is 15.8. The summed E-state index contributed by atoms with van der Waals surface area (Å²) in [7, 11) is -4.23. The Morgan fingerprint density at radius 1 is 1.13 bits per heavy atom. The van der Waals surface area contributed by atoms with Gasteiger partial charge in [0.05, 0.1) is 18.8 Å². The smallest absolute Gasteiger partial charge is 0.326 e. The van der Waals surface area contributed by atoms with Gasteiger partial charge in [-0.3, -0.25) is 14.4 Å². The molecule has 1 aromatic carbocycles. The van der Waals surface area contributed by atoms with Gasteiger partial charge in [-0.25, -0.2) is 0 Å². The van der Waals surface area contributed by atoms with Crippen LogP contribution in [0.4, 0.5) is 0 Å². The minimum Gasteiger partial charge on any atom is -0.465 e. The lowest BCUT2D eigenvalue weighted by Crippen LogP contribution is -2.57. The van der Waals surface area contributed by atoms with Gasteiger partial charge in [0.2, 0.25) is 11.8 Å². The number of ether oxygens (including phenoxy) is 1. The molecule has 0 aliphatic rings. The van der Waals surface area contributed by atoms with Crippen molar-refractivity contribution in [3.8, 4) is 0 Å². The third-order valence-electron chi connectivity index (χ3n) is 5.79. The second-order valence-electron chi connectivity index (χ2n) is 10.2. The monoisotopic (exact) mass is 556 g/mol. The normalized spacial score (nSPS) is 13.8. The number of rotatable bonds is 18. The first-order valence-corrected chi connectivity index (χ1v) is 14.4. The lowest BCUT2D eigenvalue weighted by Gasteiger charge is -2.32. The van der Waals surface area contributed by atoms with Gasteiger partial charge in [0.15, 0.2) is 0 Å². The summed E-state index contributed by atoms with van der Waals surface area (Å²) in [5.74, 6) is -1.45. The number of nitrogens with two attached hydrogens (primary N) is 1. The summed E-state index contributed by atoms with van der Waals surface area (Å²) in [6.45, 7) is 8.20. The first-order chi connectivity index (χ1) is 17.7.